The number of fused-ring (bicyclic) bond motifs is 1. The summed E-state index contributed by atoms with van der Waals surface area (Å²) in [4.78, 5) is 24.7. The summed E-state index contributed by atoms with van der Waals surface area (Å²) in [5, 5.41) is 5.65. The van der Waals surface area contributed by atoms with Gasteiger partial charge < -0.3 is 15.4 Å². The lowest BCUT2D eigenvalue weighted by molar-refractivity contribution is -0.123. The number of benzene rings is 2. The molecule has 2 aliphatic rings. The van der Waals surface area contributed by atoms with Gasteiger partial charge >= 0.3 is 0 Å². The van der Waals surface area contributed by atoms with E-state index >= 15 is 0 Å². The first-order valence-electron chi connectivity index (χ1n) is 10.6. The van der Waals surface area contributed by atoms with E-state index in [0.29, 0.717) is 24.3 Å². The molecule has 1 saturated heterocycles. The number of rotatable bonds is 4. The van der Waals surface area contributed by atoms with Crippen molar-refractivity contribution in [2.75, 3.05) is 23.7 Å². The standard InChI is InChI=1S/C23H27N3O5S/c1-14-4-6-19(15(2)12-14)24-23(28)17-8-10-26(11-9-17)32(29,30)18-5-7-21-20(13-18)25-22(27)16(3)31-21/h4-7,12-13,16-17H,8-11H2,1-3H3,(H,24,28)(H,25,27). The lowest BCUT2D eigenvalue weighted by Gasteiger charge is -2.31. The third-order valence-electron chi connectivity index (χ3n) is 5.98. The van der Waals surface area contributed by atoms with Gasteiger partial charge in [-0.2, -0.15) is 4.31 Å². The molecule has 0 aliphatic carbocycles. The van der Waals surface area contributed by atoms with Crippen LogP contribution in [0.5, 0.6) is 5.75 Å². The molecule has 0 aromatic heterocycles. The van der Waals surface area contributed by atoms with Crippen LogP contribution in [-0.2, 0) is 19.6 Å². The molecule has 0 radical (unpaired) electrons. The Morgan fingerprint density at radius 3 is 2.53 bits per heavy atom. The zero-order valence-electron chi connectivity index (χ0n) is 18.3. The number of piperidine rings is 1. The molecule has 0 saturated carbocycles. The van der Waals surface area contributed by atoms with Crippen LogP contribution in [0.15, 0.2) is 41.3 Å². The van der Waals surface area contributed by atoms with E-state index in [-0.39, 0.29) is 35.7 Å². The highest BCUT2D eigenvalue weighted by Crippen LogP contribution is 2.33. The summed E-state index contributed by atoms with van der Waals surface area (Å²) in [6, 6.07) is 10.3. The molecule has 2 aliphatic heterocycles. The van der Waals surface area contributed by atoms with Crippen LogP contribution in [0, 0.1) is 19.8 Å². The van der Waals surface area contributed by atoms with Gasteiger partial charge in [0.1, 0.15) is 5.75 Å². The Balaban J connectivity index is 1.42. The smallest absolute Gasteiger partial charge is 0.265 e. The average Bonchev–Trinajstić information content (AvgIpc) is 2.76. The maximum atomic E-state index is 13.1. The Kier molecular flexibility index (Phi) is 5.96. The minimum absolute atomic E-state index is 0.0863. The summed E-state index contributed by atoms with van der Waals surface area (Å²) >= 11 is 0. The molecule has 2 heterocycles. The van der Waals surface area contributed by atoms with E-state index in [1.165, 1.54) is 16.4 Å². The van der Waals surface area contributed by atoms with Crippen LogP contribution < -0.4 is 15.4 Å². The molecule has 0 bridgehead atoms. The molecule has 2 amide bonds. The van der Waals surface area contributed by atoms with Crippen molar-refractivity contribution in [3.8, 4) is 5.75 Å². The van der Waals surface area contributed by atoms with Gasteiger partial charge in [0.2, 0.25) is 15.9 Å². The Morgan fingerprint density at radius 1 is 1.12 bits per heavy atom. The SMILES string of the molecule is Cc1ccc(NC(=O)C2CCN(S(=O)(=O)c3ccc4c(c3)NC(=O)C(C)O4)CC2)c(C)c1. The molecule has 32 heavy (non-hydrogen) atoms. The lowest BCUT2D eigenvalue weighted by atomic mass is 9.97. The van der Waals surface area contributed by atoms with Crippen LogP contribution in [0.25, 0.3) is 0 Å². The Morgan fingerprint density at radius 2 is 1.84 bits per heavy atom. The van der Waals surface area contributed by atoms with Crippen molar-refractivity contribution >= 4 is 33.2 Å². The highest BCUT2D eigenvalue weighted by Gasteiger charge is 2.33. The van der Waals surface area contributed by atoms with Crippen LogP contribution in [-0.4, -0.2) is 43.7 Å². The molecule has 4 rings (SSSR count). The first kappa shape index (κ1) is 22.3. The van der Waals surface area contributed by atoms with E-state index in [2.05, 4.69) is 10.6 Å². The van der Waals surface area contributed by atoms with Gasteiger partial charge in [-0.05, 0) is 63.4 Å². The zero-order valence-corrected chi connectivity index (χ0v) is 19.2. The molecule has 9 heteroatoms. The molecule has 1 fully saturated rings. The Bertz CT molecular complexity index is 1170. The monoisotopic (exact) mass is 457 g/mol. The summed E-state index contributed by atoms with van der Waals surface area (Å²) in [6.45, 7) is 6.08. The van der Waals surface area contributed by atoms with Gasteiger partial charge in [-0.3, -0.25) is 9.59 Å². The van der Waals surface area contributed by atoms with Gasteiger partial charge in [0.05, 0.1) is 10.6 Å². The maximum absolute atomic E-state index is 13.1. The first-order chi connectivity index (χ1) is 15.1. The number of nitrogens with one attached hydrogen (secondary N) is 2. The predicted molar refractivity (Wildman–Crippen MR) is 121 cm³/mol. The number of anilines is 2. The van der Waals surface area contributed by atoms with Gasteiger partial charge in [-0.15, -0.1) is 0 Å². The molecule has 2 aromatic rings. The first-order valence-corrected chi connectivity index (χ1v) is 12.1. The summed E-state index contributed by atoms with van der Waals surface area (Å²) in [6.07, 6.45) is 0.259. The van der Waals surface area contributed by atoms with Gasteiger partial charge in [0.25, 0.3) is 5.91 Å². The van der Waals surface area contributed by atoms with E-state index in [9.17, 15) is 18.0 Å². The number of hydrogen-bond donors (Lipinski definition) is 2. The van der Waals surface area contributed by atoms with Crippen molar-refractivity contribution in [3.63, 3.8) is 0 Å². The fourth-order valence-corrected chi connectivity index (χ4v) is 5.54. The van der Waals surface area contributed by atoms with Gasteiger partial charge in [0, 0.05) is 24.7 Å². The largest absolute Gasteiger partial charge is 0.479 e. The number of ether oxygens (including phenoxy) is 1. The molecular formula is C23H27N3O5S. The molecule has 170 valence electrons. The second kappa shape index (κ2) is 8.55. The third-order valence-corrected chi connectivity index (χ3v) is 7.88. The quantitative estimate of drug-likeness (QED) is 0.734. The molecule has 1 unspecified atom stereocenters. The van der Waals surface area contributed by atoms with Gasteiger partial charge in [0.15, 0.2) is 6.10 Å². The number of hydrogen-bond acceptors (Lipinski definition) is 5. The van der Waals surface area contributed by atoms with E-state index in [0.717, 1.165) is 16.8 Å². The van der Waals surface area contributed by atoms with Crippen LogP contribution in [0.3, 0.4) is 0 Å². The molecule has 1 atom stereocenters. The maximum Gasteiger partial charge on any atom is 0.265 e. The van der Waals surface area contributed by atoms with Crippen molar-refractivity contribution in [2.24, 2.45) is 5.92 Å². The second-order valence-electron chi connectivity index (χ2n) is 8.39. The minimum Gasteiger partial charge on any atom is -0.479 e. The van der Waals surface area contributed by atoms with Crippen molar-refractivity contribution in [1.82, 2.24) is 4.31 Å². The van der Waals surface area contributed by atoms with Crippen LogP contribution in [0.4, 0.5) is 11.4 Å². The van der Waals surface area contributed by atoms with Crippen molar-refractivity contribution < 1.29 is 22.7 Å². The summed E-state index contributed by atoms with van der Waals surface area (Å²) in [7, 11) is -3.75. The molecule has 2 N–H and O–H groups in total. The number of sulfonamides is 1. The number of nitrogens with zero attached hydrogens (tertiary/aromatic N) is 1. The number of carbonyl (C=O) groups is 2. The van der Waals surface area contributed by atoms with Crippen LogP contribution in [0.2, 0.25) is 0 Å². The number of carbonyl (C=O) groups excluding carboxylic acids is 2. The average molecular weight is 458 g/mol. The van der Waals surface area contributed by atoms with E-state index < -0.39 is 16.1 Å². The normalized spacial score (nSPS) is 19.6. The Labute approximate surface area is 188 Å². The van der Waals surface area contributed by atoms with Gasteiger partial charge in [-0.25, -0.2) is 8.42 Å². The minimum atomic E-state index is -3.75. The van der Waals surface area contributed by atoms with Crippen molar-refractivity contribution in [1.29, 1.82) is 0 Å². The van der Waals surface area contributed by atoms with E-state index in [1.54, 1.807) is 13.0 Å². The fraction of sp³-hybridized carbons (Fsp3) is 0.391. The topological polar surface area (TPSA) is 105 Å². The third kappa shape index (κ3) is 4.35. The van der Waals surface area contributed by atoms with Crippen molar-refractivity contribution in [3.05, 3.63) is 47.5 Å². The highest BCUT2D eigenvalue weighted by molar-refractivity contribution is 7.89. The summed E-state index contributed by atoms with van der Waals surface area (Å²) < 4.78 is 33.2. The zero-order chi connectivity index (χ0) is 23.0. The number of aryl methyl sites for hydroxylation is 2. The summed E-state index contributed by atoms with van der Waals surface area (Å²) in [5.74, 6) is -0.211. The molecule has 2 aromatic carbocycles. The highest BCUT2D eigenvalue weighted by atomic mass is 32.2. The lowest BCUT2D eigenvalue weighted by Crippen LogP contribution is -2.41. The van der Waals surface area contributed by atoms with Gasteiger partial charge in [-0.1, -0.05) is 17.7 Å². The Hall–Kier alpha value is -2.91. The number of amides is 2. The molecule has 0 spiro atoms. The molecular weight excluding hydrogens is 430 g/mol. The summed E-state index contributed by atoms with van der Waals surface area (Å²) in [5.41, 5.74) is 3.25. The van der Waals surface area contributed by atoms with E-state index in [4.69, 9.17) is 4.74 Å². The van der Waals surface area contributed by atoms with E-state index in [1.807, 2.05) is 32.0 Å². The predicted octanol–water partition coefficient (Wildman–Crippen LogP) is 3.06. The molecule has 8 nitrogen and oxygen atoms in total. The van der Waals surface area contributed by atoms with Crippen molar-refractivity contribution in [2.45, 2.75) is 44.6 Å². The fourth-order valence-electron chi connectivity index (χ4n) is 4.04. The second-order valence-corrected chi connectivity index (χ2v) is 10.3. The van der Waals surface area contributed by atoms with Crippen LogP contribution >= 0.6 is 0 Å². The van der Waals surface area contributed by atoms with Crippen LogP contribution in [0.1, 0.15) is 30.9 Å².